The molecule has 0 saturated heterocycles. The van der Waals surface area contributed by atoms with E-state index in [0.717, 1.165) is 43.9 Å². The van der Waals surface area contributed by atoms with Gasteiger partial charge in [-0.15, -0.1) is 0 Å². The second-order valence-corrected chi connectivity index (χ2v) is 7.58. The van der Waals surface area contributed by atoms with Gasteiger partial charge in [0.2, 0.25) is 0 Å². The summed E-state index contributed by atoms with van der Waals surface area (Å²) in [5.41, 5.74) is 1.49. The lowest BCUT2D eigenvalue weighted by Gasteiger charge is -2.52. The smallest absolute Gasteiger partial charge is 0.155 e. The molecule has 108 valence electrons. The summed E-state index contributed by atoms with van der Waals surface area (Å²) < 4.78 is 0. The van der Waals surface area contributed by atoms with Gasteiger partial charge in [-0.25, -0.2) is 0 Å². The number of aliphatic hydroxyl groups is 1. The first kappa shape index (κ1) is 12.7. The monoisotopic (exact) mass is 272 g/mol. The van der Waals surface area contributed by atoms with E-state index < -0.39 is 0 Å². The zero-order chi connectivity index (χ0) is 13.9. The highest BCUT2D eigenvalue weighted by atomic mass is 16.3. The van der Waals surface area contributed by atoms with Crippen molar-refractivity contribution in [2.75, 3.05) is 0 Å². The van der Waals surface area contributed by atoms with Crippen LogP contribution in [0, 0.1) is 29.1 Å². The van der Waals surface area contributed by atoms with Crippen molar-refractivity contribution in [3.63, 3.8) is 0 Å². The Bertz CT molecular complexity index is 516. The summed E-state index contributed by atoms with van der Waals surface area (Å²) in [6, 6.07) is 0. The molecule has 0 aromatic heterocycles. The van der Waals surface area contributed by atoms with E-state index in [1.54, 1.807) is 0 Å². The molecule has 4 aliphatic carbocycles. The maximum Gasteiger partial charge on any atom is 0.155 e. The highest BCUT2D eigenvalue weighted by molar-refractivity contribution is 5.91. The third-order valence-electron chi connectivity index (χ3n) is 6.84. The van der Waals surface area contributed by atoms with E-state index in [2.05, 4.69) is 13.0 Å². The van der Waals surface area contributed by atoms with E-state index in [4.69, 9.17) is 0 Å². The molecule has 0 radical (unpaired) electrons. The Morgan fingerprint density at radius 1 is 1.20 bits per heavy atom. The topological polar surface area (TPSA) is 37.3 Å². The van der Waals surface area contributed by atoms with E-state index in [1.807, 2.05) is 6.08 Å². The van der Waals surface area contributed by atoms with Gasteiger partial charge in [0, 0.05) is 11.8 Å². The number of ketones is 1. The van der Waals surface area contributed by atoms with Crippen LogP contribution in [0.3, 0.4) is 0 Å². The molecular formula is C18H24O2. The van der Waals surface area contributed by atoms with Crippen LogP contribution in [0.1, 0.15) is 51.9 Å². The van der Waals surface area contributed by atoms with Gasteiger partial charge in [-0.1, -0.05) is 12.5 Å². The van der Waals surface area contributed by atoms with Crippen LogP contribution in [0.2, 0.25) is 0 Å². The van der Waals surface area contributed by atoms with E-state index in [1.165, 1.54) is 18.4 Å². The van der Waals surface area contributed by atoms with Gasteiger partial charge in [0.25, 0.3) is 0 Å². The molecule has 2 nitrogen and oxygen atoms in total. The molecule has 0 aliphatic heterocycles. The zero-order valence-corrected chi connectivity index (χ0v) is 12.3. The third-order valence-corrected chi connectivity index (χ3v) is 6.84. The molecule has 0 amide bonds. The van der Waals surface area contributed by atoms with Crippen molar-refractivity contribution >= 4 is 5.78 Å². The van der Waals surface area contributed by atoms with Crippen LogP contribution in [-0.2, 0) is 4.79 Å². The molecule has 5 atom stereocenters. The van der Waals surface area contributed by atoms with Crippen molar-refractivity contribution in [2.24, 2.45) is 29.1 Å². The fraction of sp³-hybridized carbons (Fsp3) is 0.722. The van der Waals surface area contributed by atoms with Crippen LogP contribution in [0.5, 0.6) is 0 Å². The number of allylic oxidation sites excluding steroid dienone is 4. The number of rotatable bonds is 0. The summed E-state index contributed by atoms with van der Waals surface area (Å²) in [6.07, 6.45) is 11.6. The molecule has 4 rings (SSSR count). The second-order valence-electron chi connectivity index (χ2n) is 7.58. The SMILES string of the molecule is C[C@]12CC[C@H]3[C@@H](CCC4=CC(=O)CC[C@@H]43)[C@@H]1CC=C2O. The molecule has 20 heavy (non-hydrogen) atoms. The minimum Gasteiger partial charge on any atom is -0.512 e. The minimum atomic E-state index is 0.0485. The molecule has 0 aromatic rings. The van der Waals surface area contributed by atoms with Crippen molar-refractivity contribution < 1.29 is 9.90 Å². The zero-order valence-electron chi connectivity index (χ0n) is 12.3. The number of hydrogen-bond acceptors (Lipinski definition) is 2. The lowest BCUT2D eigenvalue weighted by Crippen LogP contribution is -2.45. The average molecular weight is 272 g/mol. The Hall–Kier alpha value is -1.05. The predicted octanol–water partition coefficient (Wildman–Crippen LogP) is 4.18. The van der Waals surface area contributed by atoms with Crippen molar-refractivity contribution in [3.8, 4) is 0 Å². The Labute approximate surface area is 120 Å². The maximum atomic E-state index is 11.6. The molecule has 2 heteroatoms. The van der Waals surface area contributed by atoms with Gasteiger partial charge in [-0.05, 0) is 74.3 Å². The van der Waals surface area contributed by atoms with Gasteiger partial charge in [-0.2, -0.15) is 0 Å². The summed E-state index contributed by atoms with van der Waals surface area (Å²) in [6.45, 7) is 2.27. The maximum absolute atomic E-state index is 11.6. The predicted molar refractivity (Wildman–Crippen MR) is 78.2 cm³/mol. The van der Waals surface area contributed by atoms with Crippen LogP contribution in [0.4, 0.5) is 0 Å². The van der Waals surface area contributed by atoms with Crippen molar-refractivity contribution in [2.45, 2.75) is 51.9 Å². The van der Waals surface area contributed by atoms with Gasteiger partial charge in [0.15, 0.2) is 5.78 Å². The van der Waals surface area contributed by atoms with Crippen LogP contribution >= 0.6 is 0 Å². The Kier molecular flexibility index (Phi) is 2.68. The van der Waals surface area contributed by atoms with Crippen molar-refractivity contribution in [1.82, 2.24) is 0 Å². The molecule has 0 bridgehead atoms. The Balaban J connectivity index is 1.64. The normalized spacial score (nSPS) is 47.0. The van der Waals surface area contributed by atoms with E-state index in [-0.39, 0.29) is 5.41 Å². The summed E-state index contributed by atoms with van der Waals surface area (Å²) in [5.74, 6) is 3.82. The number of hydrogen-bond donors (Lipinski definition) is 1. The molecule has 0 spiro atoms. The largest absolute Gasteiger partial charge is 0.512 e. The average Bonchev–Trinajstić information content (AvgIpc) is 2.74. The van der Waals surface area contributed by atoms with E-state index in [0.29, 0.717) is 23.4 Å². The van der Waals surface area contributed by atoms with Crippen molar-refractivity contribution in [1.29, 1.82) is 0 Å². The first-order valence-corrected chi connectivity index (χ1v) is 8.22. The molecule has 0 aromatic carbocycles. The van der Waals surface area contributed by atoms with Gasteiger partial charge < -0.3 is 5.11 Å². The fourth-order valence-corrected chi connectivity index (χ4v) is 5.73. The molecule has 0 heterocycles. The van der Waals surface area contributed by atoms with Crippen molar-refractivity contribution in [3.05, 3.63) is 23.5 Å². The van der Waals surface area contributed by atoms with E-state index >= 15 is 0 Å². The molecule has 2 saturated carbocycles. The van der Waals surface area contributed by atoms with Crippen LogP contribution in [0.25, 0.3) is 0 Å². The first-order chi connectivity index (χ1) is 9.59. The number of aliphatic hydroxyl groups excluding tert-OH is 1. The Morgan fingerprint density at radius 3 is 2.90 bits per heavy atom. The number of carbonyl (C=O) groups excluding carboxylic acids is 1. The van der Waals surface area contributed by atoms with Gasteiger partial charge in [0.05, 0.1) is 5.76 Å². The molecule has 0 unspecified atom stereocenters. The molecular weight excluding hydrogens is 248 g/mol. The fourth-order valence-electron chi connectivity index (χ4n) is 5.73. The lowest BCUT2D eigenvalue weighted by molar-refractivity contribution is -0.116. The van der Waals surface area contributed by atoms with Gasteiger partial charge in [-0.3, -0.25) is 4.79 Å². The van der Waals surface area contributed by atoms with Crippen LogP contribution < -0.4 is 0 Å². The van der Waals surface area contributed by atoms with E-state index in [9.17, 15) is 9.90 Å². The standard InChI is InChI=1S/C18H24O2/c1-18-9-8-14-13-5-3-12(19)10-11(13)2-4-15(14)16(18)6-7-17(18)20/h7,10,13-16,20H,2-6,8-9H2,1H3/t13-,14+,15+,16-,18-/m0/s1. The summed E-state index contributed by atoms with van der Waals surface area (Å²) in [7, 11) is 0. The lowest BCUT2D eigenvalue weighted by atomic mass is 9.52. The highest BCUT2D eigenvalue weighted by Gasteiger charge is 2.53. The molecule has 2 fully saturated rings. The quantitative estimate of drug-likeness (QED) is 0.718. The first-order valence-electron chi connectivity index (χ1n) is 8.22. The summed E-state index contributed by atoms with van der Waals surface area (Å²) >= 11 is 0. The van der Waals surface area contributed by atoms with Gasteiger partial charge >= 0.3 is 0 Å². The number of fused-ring (bicyclic) bond motifs is 5. The summed E-state index contributed by atoms with van der Waals surface area (Å²) in [5, 5.41) is 10.2. The van der Waals surface area contributed by atoms with Crippen LogP contribution in [0.15, 0.2) is 23.5 Å². The second kappa shape index (κ2) is 4.22. The third kappa shape index (κ3) is 1.60. The van der Waals surface area contributed by atoms with Crippen LogP contribution in [-0.4, -0.2) is 10.9 Å². The number of carbonyl (C=O) groups is 1. The van der Waals surface area contributed by atoms with Gasteiger partial charge in [0.1, 0.15) is 0 Å². The minimum absolute atomic E-state index is 0.0485. The molecule has 4 aliphatic rings. The highest BCUT2D eigenvalue weighted by Crippen LogP contribution is 2.61. The Morgan fingerprint density at radius 2 is 2.05 bits per heavy atom. The summed E-state index contributed by atoms with van der Waals surface area (Å²) in [4.78, 5) is 11.6. The molecule has 1 N–H and O–H groups in total.